The normalized spacial score (nSPS) is 19.1. The van der Waals surface area contributed by atoms with Gasteiger partial charge in [0.05, 0.1) is 6.54 Å². The average molecular weight is 389 g/mol. The van der Waals surface area contributed by atoms with Gasteiger partial charge < -0.3 is 4.90 Å². The van der Waals surface area contributed by atoms with Crippen LogP contribution in [-0.4, -0.2) is 54.4 Å². The van der Waals surface area contributed by atoms with Crippen LogP contribution in [0.25, 0.3) is 0 Å². The molecule has 0 saturated carbocycles. The SMILES string of the molecule is CC(C)C(CN1CCC(F)(F)C1)N(C)C(=O)c1ccc(Br)cc1. The van der Waals surface area contributed by atoms with Crippen LogP contribution in [0, 0.1) is 5.92 Å². The largest absolute Gasteiger partial charge is 0.337 e. The summed E-state index contributed by atoms with van der Waals surface area (Å²) in [5, 5.41) is 0. The van der Waals surface area contributed by atoms with E-state index in [1.165, 1.54) is 0 Å². The first-order chi connectivity index (χ1) is 10.7. The van der Waals surface area contributed by atoms with E-state index < -0.39 is 5.92 Å². The maximum atomic E-state index is 13.4. The number of nitrogens with zero attached hydrogens (tertiary/aromatic N) is 2. The molecule has 1 atom stereocenters. The van der Waals surface area contributed by atoms with E-state index in [1.54, 1.807) is 29.0 Å². The molecule has 128 valence electrons. The van der Waals surface area contributed by atoms with Crippen molar-refractivity contribution in [2.45, 2.75) is 32.2 Å². The number of likely N-dealkylation sites (tertiary alicyclic amines) is 1. The zero-order chi connectivity index (χ0) is 17.2. The lowest BCUT2D eigenvalue weighted by Gasteiger charge is -2.34. The predicted molar refractivity (Wildman–Crippen MR) is 90.9 cm³/mol. The van der Waals surface area contributed by atoms with E-state index in [2.05, 4.69) is 15.9 Å². The Morgan fingerprint density at radius 2 is 1.96 bits per heavy atom. The van der Waals surface area contributed by atoms with Crippen LogP contribution in [0.4, 0.5) is 8.78 Å². The highest BCUT2D eigenvalue weighted by Crippen LogP contribution is 2.28. The van der Waals surface area contributed by atoms with Crippen LogP contribution in [0.1, 0.15) is 30.6 Å². The lowest BCUT2D eigenvalue weighted by molar-refractivity contribution is 0.00885. The molecule has 1 aromatic carbocycles. The van der Waals surface area contributed by atoms with Crippen LogP contribution in [0.3, 0.4) is 0 Å². The van der Waals surface area contributed by atoms with Crippen molar-refractivity contribution in [3.05, 3.63) is 34.3 Å². The molecule has 1 unspecified atom stereocenters. The molecule has 1 heterocycles. The average Bonchev–Trinajstić information content (AvgIpc) is 2.83. The number of carbonyl (C=O) groups excluding carboxylic acids is 1. The van der Waals surface area contributed by atoms with Gasteiger partial charge in [-0.2, -0.15) is 0 Å². The summed E-state index contributed by atoms with van der Waals surface area (Å²) < 4.78 is 27.7. The van der Waals surface area contributed by atoms with Crippen LogP contribution in [0.15, 0.2) is 28.7 Å². The minimum Gasteiger partial charge on any atom is -0.337 e. The molecule has 0 spiro atoms. The third-order valence-corrected chi connectivity index (χ3v) is 4.90. The van der Waals surface area contributed by atoms with Gasteiger partial charge in [0.2, 0.25) is 0 Å². The molecule has 0 bridgehead atoms. The maximum absolute atomic E-state index is 13.4. The fourth-order valence-corrected chi connectivity index (χ4v) is 3.22. The van der Waals surface area contributed by atoms with Crippen molar-refractivity contribution in [3.8, 4) is 0 Å². The number of hydrogen-bond acceptors (Lipinski definition) is 2. The molecule has 1 amide bonds. The zero-order valence-corrected chi connectivity index (χ0v) is 15.3. The summed E-state index contributed by atoms with van der Waals surface area (Å²) in [6.45, 7) is 4.69. The molecule has 1 saturated heterocycles. The minimum atomic E-state index is -2.60. The molecule has 0 N–H and O–H groups in total. The highest BCUT2D eigenvalue weighted by atomic mass is 79.9. The Hall–Kier alpha value is -1.01. The van der Waals surface area contributed by atoms with Gasteiger partial charge in [0.1, 0.15) is 0 Å². The van der Waals surface area contributed by atoms with Gasteiger partial charge in [-0.25, -0.2) is 8.78 Å². The summed E-state index contributed by atoms with van der Waals surface area (Å²) in [6, 6.07) is 7.09. The van der Waals surface area contributed by atoms with Gasteiger partial charge in [-0.05, 0) is 30.2 Å². The van der Waals surface area contributed by atoms with Gasteiger partial charge in [0.15, 0.2) is 0 Å². The first kappa shape index (κ1) is 18.3. The minimum absolute atomic E-state index is 0.0813. The van der Waals surface area contributed by atoms with E-state index in [0.717, 1.165) is 4.47 Å². The molecule has 1 aliphatic rings. The van der Waals surface area contributed by atoms with E-state index in [0.29, 0.717) is 18.7 Å². The van der Waals surface area contributed by atoms with Crippen LogP contribution in [-0.2, 0) is 0 Å². The van der Waals surface area contributed by atoms with E-state index in [-0.39, 0.29) is 30.8 Å². The summed E-state index contributed by atoms with van der Waals surface area (Å²) >= 11 is 3.35. The monoisotopic (exact) mass is 388 g/mol. The smallest absolute Gasteiger partial charge is 0.261 e. The number of amides is 1. The molecule has 1 aromatic rings. The quantitative estimate of drug-likeness (QED) is 0.763. The number of benzene rings is 1. The molecular weight excluding hydrogens is 366 g/mol. The summed E-state index contributed by atoms with van der Waals surface area (Å²) in [4.78, 5) is 16.1. The van der Waals surface area contributed by atoms with Crippen molar-refractivity contribution in [2.75, 3.05) is 26.7 Å². The number of alkyl halides is 2. The highest BCUT2D eigenvalue weighted by molar-refractivity contribution is 9.10. The molecular formula is C17H23BrF2N2O. The van der Waals surface area contributed by atoms with E-state index in [4.69, 9.17) is 0 Å². The van der Waals surface area contributed by atoms with Gasteiger partial charge in [-0.3, -0.25) is 9.69 Å². The van der Waals surface area contributed by atoms with Crippen molar-refractivity contribution >= 4 is 21.8 Å². The summed E-state index contributed by atoms with van der Waals surface area (Å²) in [7, 11) is 1.75. The van der Waals surface area contributed by atoms with Crippen molar-refractivity contribution in [2.24, 2.45) is 5.92 Å². The van der Waals surface area contributed by atoms with Gasteiger partial charge in [0.25, 0.3) is 11.8 Å². The molecule has 0 radical (unpaired) electrons. The Morgan fingerprint density at radius 3 is 2.43 bits per heavy atom. The molecule has 2 rings (SSSR count). The highest BCUT2D eigenvalue weighted by Gasteiger charge is 2.39. The molecule has 1 fully saturated rings. The second-order valence-corrected chi connectivity index (χ2v) is 7.49. The molecule has 23 heavy (non-hydrogen) atoms. The maximum Gasteiger partial charge on any atom is 0.261 e. The first-order valence-electron chi connectivity index (χ1n) is 7.82. The standard InChI is InChI=1S/C17H23BrF2N2O/c1-12(2)15(10-22-9-8-17(19,20)11-22)21(3)16(23)13-4-6-14(18)7-5-13/h4-7,12,15H,8-11H2,1-3H3. The third-order valence-electron chi connectivity index (χ3n) is 4.37. The van der Waals surface area contributed by atoms with Crippen molar-refractivity contribution in [3.63, 3.8) is 0 Å². The molecule has 0 aliphatic carbocycles. The van der Waals surface area contributed by atoms with E-state index in [9.17, 15) is 13.6 Å². The van der Waals surface area contributed by atoms with E-state index >= 15 is 0 Å². The Labute approximate surface area is 144 Å². The number of likely N-dealkylation sites (N-methyl/N-ethyl adjacent to an activating group) is 1. The Bertz CT molecular complexity index is 548. The molecule has 1 aliphatic heterocycles. The van der Waals surface area contributed by atoms with Gasteiger partial charge >= 0.3 is 0 Å². The Morgan fingerprint density at radius 1 is 1.35 bits per heavy atom. The van der Waals surface area contributed by atoms with Crippen LogP contribution >= 0.6 is 15.9 Å². The second-order valence-electron chi connectivity index (χ2n) is 6.58. The zero-order valence-electron chi connectivity index (χ0n) is 13.7. The Balaban J connectivity index is 2.07. The number of rotatable bonds is 5. The summed E-state index contributed by atoms with van der Waals surface area (Å²) in [5.41, 5.74) is 0.605. The fraction of sp³-hybridized carbons (Fsp3) is 0.588. The fourth-order valence-electron chi connectivity index (χ4n) is 2.95. The lowest BCUT2D eigenvalue weighted by atomic mass is 10.0. The molecule has 0 aromatic heterocycles. The van der Waals surface area contributed by atoms with Crippen molar-refractivity contribution in [1.82, 2.24) is 9.80 Å². The van der Waals surface area contributed by atoms with Crippen molar-refractivity contribution < 1.29 is 13.6 Å². The topological polar surface area (TPSA) is 23.6 Å². The summed E-state index contributed by atoms with van der Waals surface area (Å²) in [6.07, 6.45) is -0.0951. The van der Waals surface area contributed by atoms with Gasteiger partial charge in [-0.15, -0.1) is 0 Å². The van der Waals surface area contributed by atoms with Crippen LogP contribution < -0.4 is 0 Å². The Kier molecular flexibility index (Phi) is 5.79. The van der Waals surface area contributed by atoms with Gasteiger partial charge in [0, 0.05) is 42.6 Å². The van der Waals surface area contributed by atoms with Crippen LogP contribution in [0.2, 0.25) is 0 Å². The first-order valence-corrected chi connectivity index (χ1v) is 8.62. The van der Waals surface area contributed by atoms with Crippen LogP contribution in [0.5, 0.6) is 0 Å². The lowest BCUT2D eigenvalue weighted by Crippen LogP contribution is -2.47. The van der Waals surface area contributed by atoms with E-state index in [1.807, 2.05) is 26.0 Å². The second kappa shape index (κ2) is 7.26. The predicted octanol–water partition coefficient (Wildman–Crippen LogP) is 3.89. The molecule has 3 nitrogen and oxygen atoms in total. The van der Waals surface area contributed by atoms with Gasteiger partial charge in [-0.1, -0.05) is 29.8 Å². The summed E-state index contributed by atoms with van der Waals surface area (Å²) in [5.74, 6) is -2.49. The molecule has 6 heteroatoms. The number of hydrogen-bond donors (Lipinski definition) is 0. The number of halogens is 3. The third kappa shape index (κ3) is 4.73. The van der Waals surface area contributed by atoms with Crippen molar-refractivity contribution in [1.29, 1.82) is 0 Å². The number of carbonyl (C=O) groups is 1.